The standard InChI is InChI=1S/C16H18N2O8/c19-11-3-13-17(11)5-7(25-13)1-9(15(21)22)10(16(23)24)2-8-6-18-12(20)4-14(18)26-8/h7-8,13-14H,1-6H2,(H,21,22)(H,23,24)/b10-9-. The van der Waals surface area contributed by atoms with Crippen LogP contribution in [-0.4, -0.2) is 81.5 Å². The zero-order valence-corrected chi connectivity index (χ0v) is 13.8. The van der Waals surface area contributed by atoms with Crippen LogP contribution in [0.1, 0.15) is 25.7 Å². The number of rotatable bonds is 6. The first-order valence-electron chi connectivity index (χ1n) is 8.42. The molecule has 2 amide bonds. The first-order chi connectivity index (χ1) is 12.3. The number of aliphatic carboxylic acids is 2. The monoisotopic (exact) mass is 366 g/mol. The average Bonchev–Trinajstić information content (AvgIpc) is 3.07. The lowest BCUT2D eigenvalue weighted by Gasteiger charge is -2.31. The van der Waals surface area contributed by atoms with E-state index in [-0.39, 0.29) is 74.2 Å². The Morgan fingerprint density at radius 1 is 0.846 bits per heavy atom. The second-order valence-corrected chi connectivity index (χ2v) is 6.90. The van der Waals surface area contributed by atoms with Gasteiger partial charge >= 0.3 is 11.9 Å². The van der Waals surface area contributed by atoms with E-state index in [0.717, 1.165) is 0 Å². The van der Waals surface area contributed by atoms with Gasteiger partial charge in [0.05, 0.1) is 36.2 Å². The zero-order valence-electron chi connectivity index (χ0n) is 13.8. The van der Waals surface area contributed by atoms with Gasteiger partial charge in [0.2, 0.25) is 11.8 Å². The molecule has 0 bridgehead atoms. The normalized spacial score (nSPS) is 33.2. The smallest absolute Gasteiger partial charge is 0.332 e. The van der Waals surface area contributed by atoms with Crippen LogP contribution in [0, 0.1) is 0 Å². The maximum Gasteiger partial charge on any atom is 0.332 e. The Morgan fingerprint density at radius 2 is 1.23 bits per heavy atom. The van der Waals surface area contributed by atoms with Gasteiger partial charge in [-0.1, -0.05) is 0 Å². The van der Waals surface area contributed by atoms with Gasteiger partial charge in [0.15, 0.2) is 0 Å². The summed E-state index contributed by atoms with van der Waals surface area (Å²) in [6.45, 7) is 0.523. The van der Waals surface area contributed by atoms with Gasteiger partial charge < -0.3 is 29.5 Å². The maximum absolute atomic E-state index is 11.7. The lowest BCUT2D eigenvalue weighted by atomic mass is 9.97. The quantitative estimate of drug-likeness (QED) is 0.458. The summed E-state index contributed by atoms with van der Waals surface area (Å²) in [4.78, 5) is 49.2. The van der Waals surface area contributed by atoms with Crippen LogP contribution in [-0.2, 0) is 28.7 Å². The minimum absolute atomic E-state index is 0.0506. The molecule has 0 radical (unpaired) electrons. The molecule has 0 aromatic carbocycles. The van der Waals surface area contributed by atoms with Crippen molar-refractivity contribution in [1.82, 2.24) is 9.80 Å². The lowest BCUT2D eigenvalue weighted by molar-refractivity contribution is -0.157. The highest BCUT2D eigenvalue weighted by Crippen LogP contribution is 2.34. The number of carboxylic acids is 2. The molecule has 4 fully saturated rings. The zero-order chi connectivity index (χ0) is 18.6. The highest BCUT2D eigenvalue weighted by atomic mass is 16.5. The van der Waals surface area contributed by atoms with Gasteiger partial charge in [-0.05, 0) is 0 Å². The van der Waals surface area contributed by atoms with Crippen molar-refractivity contribution in [2.24, 2.45) is 0 Å². The van der Waals surface area contributed by atoms with Gasteiger partial charge in [0, 0.05) is 25.9 Å². The number of ether oxygens (including phenoxy) is 2. The third kappa shape index (κ3) is 2.74. The third-order valence-electron chi connectivity index (χ3n) is 5.28. The SMILES string of the molecule is O=C(O)/C(CC1CN2C(=O)CC2O1)=C(/CC1CN2C(=O)CC2O1)C(=O)O. The summed E-state index contributed by atoms with van der Waals surface area (Å²) in [5.74, 6) is -2.76. The number of carbonyl (C=O) groups excluding carboxylic acids is 2. The van der Waals surface area contributed by atoms with Crippen molar-refractivity contribution in [2.75, 3.05) is 13.1 Å². The van der Waals surface area contributed by atoms with Crippen molar-refractivity contribution in [3.8, 4) is 0 Å². The van der Waals surface area contributed by atoms with E-state index in [2.05, 4.69) is 0 Å². The second kappa shape index (κ2) is 6.06. The molecule has 10 nitrogen and oxygen atoms in total. The summed E-state index contributed by atoms with van der Waals surface area (Å²) >= 11 is 0. The molecule has 4 aliphatic heterocycles. The van der Waals surface area contributed by atoms with E-state index in [9.17, 15) is 29.4 Å². The molecule has 4 heterocycles. The molecule has 4 atom stereocenters. The fraction of sp³-hybridized carbons (Fsp3) is 0.625. The first-order valence-corrected chi connectivity index (χ1v) is 8.42. The lowest BCUT2D eigenvalue weighted by Crippen LogP contribution is -2.48. The summed E-state index contributed by atoms with van der Waals surface area (Å²) in [5, 5.41) is 19.0. The Hall–Kier alpha value is -2.46. The fourth-order valence-electron chi connectivity index (χ4n) is 3.86. The molecule has 26 heavy (non-hydrogen) atoms. The van der Waals surface area contributed by atoms with Crippen LogP contribution in [0.15, 0.2) is 11.1 Å². The van der Waals surface area contributed by atoms with Crippen molar-refractivity contribution >= 4 is 23.8 Å². The third-order valence-corrected chi connectivity index (χ3v) is 5.28. The molecule has 0 saturated carbocycles. The van der Waals surface area contributed by atoms with Crippen LogP contribution < -0.4 is 0 Å². The molecule has 0 spiro atoms. The highest BCUT2D eigenvalue weighted by Gasteiger charge is 2.47. The van der Waals surface area contributed by atoms with Crippen LogP contribution in [0.3, 0.4) is 0 Å². The molecule has 4 aliphatic rings. The summed E-state index contributed by atoms with van der Waals surface area (Å²) in [6.07, 6.45) is -1.40. The minimum Gasteiger partial charge on any atom is -0.478 e. The largest absolute Gasteiger partial charge is 0.478 e. The molecule has 2 N–H and O–H groups in total. The molecular formula is C16H18N2O8. The average molecular weight is 366 g/mol. The summed E-state index contributed by atoms with van der Waals surface area (Å²) in [6, 6.07) is 0. The number of hydrogen-bond acceptors (Lipinski definition) is 6. The number of fused-ring (bicyclic) bond motifs is 2. The predicted octanol–water partition coefficient (Wildman–Crippen LogP) is -0.853. The minimum atomic E-state index is -1.33. The molecule has 4 unspecified atom stereocenters. The number of carbonyl (C=O) groups is 4. The predicted molar refractivity (Wildman–Crippen MR) is 81.5 cm³/mol. The van der Waals surface area contributed by atoms with Gasteiger partial charge in [-0.25, -0.2) is 9.59 Å². The molecule has 0 aromatic heterocycles. The molecule has 4 saturated heterocycles. The summed E-state index contributed by atoms with van der Waals surface area (Å²) < 4.78 is 11.2. The Labute approximate surface area is 147 Å². The second-order valence-electron chi connectivity index (χ2n) is 6.90. The van der Waals surface area contributed by atoms with E-state index >= 15 is 0 Å². The Balaban J connectivity index is 1.49. The molecule has 10 heteroatoms. The Morgan fingerprint density at radius 3 is 1.50 bits per heavy atom. The van der Waals surface area contributed by atoms with Crippen molar-refractivity contribution in [1.29, 1.82) is 0 Å². The molecule has 4 rings (SSSR count). The summed E-state index contributed by atoms with van der Waals surface area (Å²) in [7, 11) is 0. The van der Waals surface area contributed by atoms with E-state index in [1.165, 1.54) is 9.80 Å². The molecular weight excluding hydrogens is 348 g/mol. The molecule has 0 aromatic rings. The number of hydrogen-bond donors (Lipinski definition) is 2. The fourth-order valence-corrected chi connectivity index (χ4v) is 3.86. The van der Waals surface area contributed by atoms with Crippen LogP contribution in [0.25, 0.3) is 0 Å². The van der Waals surface area contributed by atoms with E-state index < -0.39 is 24.1 Å². The van der Waals surface area contributed by atoms with Crippen molar-refractivity contribution in [3.63, 3.8) is 0 Å². The Bertz CT molecular complexity index is 672. The number of β-lactam (4-membered cyclic amide) rings is 2. The van der Waals surface area contributed by atoms with Crippen molar-refractivity contribution in [3.05, 3.63) is 11.1 Å². The van der Waals surface area contributed by atoms with Crippen LogP contribution >= 0.6 is 0 Å². The van der Waals surface area contributed by atoms with E-state index in [1.807, 2.05) is 0 Å². The van der Waals surface area contributed by atoms with Crippen LogP contribution in [0.4, 0.5) is 0 Å². The van der Waals surface area contributed by atoms with Gasteiger partial charge in [0.1, 0.15) is 12.5 Å². The van der Waals surface area contributed by atoms with Crippen LogP contribution in [0.2, 0.25) is 0 Å². The van der Waals surface area contributed by atoms with Gasteiger partial charge in [-0.3, -0.25) is 9.59 Å². The van der Waals surface area contributed by atoms with Crippen molar-refractivity contribution in [2.45, 2.75) is 50.3 Å². The highest BCUT2D eigenvalue weighted by molar-refractivity contribution is 5.99. The van der Waals surface area contributed by atoms with E-state index in [1.54, 1.807) is 0 Å². The number of carboxylic acid groups (broad SMARTS) is 2. The van der Waals surface area contributed by atoms with Gasteiger partial charge in [-0.2, -0.15) is 0 Å². The van der Waals surface area contributed by atoms with Gasteiger partial charge in [0.25, 0.3) is 0 Å². The summed E-state index contributed by atoms with van der Waals surface area (Å²) in [5.41, 5.74) is -0.497. The van der Waals surface area contributed by atoms with Gasteiger partial charge in [-0.15, -0.1) is 0 Å². The van der Waals surface area contributed by atoms with Crippen LogP contribution in [0.5, 0.6) is 0 Å². The Kier molecular flexibility index (Phi) is 3.96. The number of nitrogens with zero attached hydrogens (tertiary/aromatic N) is 2. The van der Waals surface area contributed by atoms with Crippen molar-refractivity contribution < 1.29 is 38.9 Å². The number of amides is 2. The van der Waals surface area contributed by atoms with E-state index in [4.69, 9.17) is 9.47 Å². The van der Waals surface area contributed by atoms with E-state index in [0.29, 0.717) is 0 Å². The molecule has 140 valence electrons. The first kappa shape index (κ1) is 17.0. The maximum atomic E-state index is 11.7. The molecule has 0 aliphatic carbocycles. The topological polar surface area (TPSA) is 134 Å².